The number of nitrogens with zero attached hydrogens (tertiary/aromatic N) is 1. The Morgan fingerprint density at radius 2 is 2.32 bits per heavy atom. The van der Waals surface area contributed by atoms with Gasteiger partial charge < -0.3 is 15.4 Å². The second kappa shape index (κ2) is 8.38. The van der Waals surface area contributed by atoms with Crippen LogP contribution in [-0.4, -0.2) is 25.7 Å². The molecule has 5 nitrogen and oxygen atoms in total. The summed E-state index contributed by atoms with van der Waals surface area (Å²) in [6.07, 6.45) is 0. The number of carbonyl (C=O) groups excluding carboxylic acids is 1. The van der Waals surface area contributed by atoms with Gasteiger partial charge in [0.2, 0.25) is 0 Å². The summed E-state index contributed by atoms with van der Waals surface area (Å²) in [7, 11) is 0. The van der Waals surface area contributed by atoms with Crippen LogP contribution in [0.2, 0.25) is 0 Å². The van der Waals surface area contributed by atoms with Gasteiger partial charge in [0.05, 0.1) is 18.5 Å². The molecule has 1 aromatic carbocycles. The SMILES string of the molecule is CC(C#N)CNC(=O)NCCOc1cccc(Br)c1. The zero-order valence-electron chi connectivity index (χ0n) is 10.6. The molecule has 0 bridgehead atoms. The molecule has 0 aliphatic carbocycles. The van der Waals surface area contributed by atoms with Crippen molar-refractivity contribution < 1.29 is 9.53 Å². The van der Waals surface area contributed by atoms with Crippen molar-refractivity contribution in [1.82, 2.24) is 10.6 Å². The van der Waals surface area contributed by atoms with Crippen LogP contribution in [0.1, 0.15) is 6.92 Å². The fourth-order valence-electron chi connectivity index (χ4n) is 1.24. The normalized spacial score (nSPS) is 11.2. The Morgan fingerprint density at radius 3 is 3.00 bits per heavy atom. The zero-order valence-corrected chi connectivity index (χ0v) is 12.2. The third-order valence-electron chi connectivity index (χ3n) is 2.24. The molecule has 0 saturated carbocycles. The van der Waals surface area contributed by atoms with Gasteiger partial charge in [-0.05, 0) is 25.1 Å². The van der Waals surface area contributed by atoms with Crippen molar-refractivity contribution >= 4 is 22.0 Å². The molecule has 2 amide bonds. The lowest BCUT2D eigenvalue weighted by atomic mass is 10.2. The number of halogens is 1. The van der Waals surface area contributed by atoms with E-state index in [1.165, 1.54) is 0 Å². The van der Waals surface area contributed by atoms with Gasteiger partial charge in [-0.15, -0.1) is 0 Å². The second-order valence-corrected chi connectivity index (χ2v) is 4.89. The van der Waals surface area contributed by atoms with Gasteiger partial charge in [-0.3, -0.25) is 0 Å². The van der Waals surface area contributed by atoms with E-state index in [0.29, 0.717) is 19.7 Å². The highest BCUT2D eigenvalue weighted by atomic mass is 79.9. The van der Waals surface area contributed by atoms with Gasteiger partial charge in [0.15, 0.2) is 0 Å². The van der Waals surface area contributed by atoms with Gasteiger partial charge in [0.1, 0.15) is 12.4 Å². The van der Waals surface area contributed by atoms with E-state index in [0.717, 1.165) is 10.2 Å². The lowest BCUT2D eigenvalue weighted by molar-refractivity contribution is 0.235. The third kappa shape index (κ3) is 6.67. The summed E-state index contributed by atoms with van der Waals surface area (Å²) < 4.78 is 6.40. The Kier molecular flexibility index (Phi) is 6.75. The summed E-state index contributed by atoms with van der Waals surface area (Å²) in [5.74, 6) is 0.554. The summed E-state index contributed by atoms with van der Waals surface area (Å²) in [4.78, 5) is 11.3. The third-order valence-corrected chi connectivity index (χ3v) is 2.73. The number of hydrogen-bond donors (Lipinski definition) is 2. The summed E-state index contributed by atoms with van der Waals surface area (Å²) in [6, 6.07) is 9.24. The molecule has 19 heavy (non-hydrogen) atoms. The number of nitriles is 1. The first-order valence-corrected chi connectivity index (χ1v) is 6.71. The van der Waals surface area contributed by atoms with Crippen molar-refractivity contribution in [2.75, 3.05) is 19.7 Å². The number of hydrogen-bond acceptors (Lipinski definition) is 3. The molecule has 0 aromatic heterocycles. The Hall–Kier alpha value is -1.74. The number of nitrogens with one attached hydrogen (secondary N) is 2. The minimum atomic E-state index is -0.292. The van der Waals surface area contributed by atoms with Gasteiger partial charge in [-0.1, -0.05) is 22.0 Å². The van der Waals surface area contributed by atoms with Crippen LogP contribution in [-0.2, 0) is 0 Å². The predicted octanol–water partition coefficient (Wildman–Crippen LogP) is 2.29. The van der Waals surface area contributed by atoms with E-state index in [1.807, 2.05) is 30.3 Å². The van der Waals surface area contributed by atoms with Crippen LogP contribution in [0.25, 0.3) is 0 Å². The minimum Gasteiger partial charge on any atom is -0.492 e. The van der Waals surface area contributed by atoms with Gasteiger partial charge in [0, 0.05) is 11.0 Å². The fourth-order valence-corrected chi connectivity index (χ4v) is 1.62. The van der Waals surface area contributed by atoms with Crippen molar-refractivity contribution in [3.05, 3.63) is 28.7 Å². The second-order valence-electron chi connectivity index (χ2n) is 3.97. The van der Waals surface area contributed by atoms with Crippen LogP contribution in [0, 0.1) is 17.2 Å². The molecule has 0 spiro atoms. The molecule has 1 aromatic rings. The fraction of sp³-hybridized carbons (Fsp3) is 0.385. The van der Waals surface area contributed by atoms with Crippen LogP contribution >= 0.6 is 15.9 Å². The average molecular weight is 326 g/mol. The Bertz CT molecular complexity index is 459. The Balaban J connectivity index is 2.14. The summed E-state index contributed by atoms with van der Waals surface area (Å²) in [6.45, 7) is 2.88. The van der Waals surface area contributed by atoms with Gasteiger partial charge in [-0.2, -0.15) is 5.26 Å². The monoisotopic (exact) mass is 325 g/mol. The van der Waals surface area contributed by atoms with Gasteiger partial charge in [0.25, 0.3) is 0 Å². The van der Waals surface area contributed by atoms with Gasteiger partial charge >= 0.3 is 6.03 Å². The molecular formula is C13H16BrN3O2. The lowest BCUT2D eigenvalue weighted by Crippen LogP contribution is -2.39. The van der Waals surface area contributed by atoms with Crippen molar-refractivity contribution in [3.8, 4) is 11.8 Å². The quantitative estimate of drug-likeness (QED) is 0.788. The van der Waals surface area contributed by atoms with Crippen LogP contribution < -0.4 is 15.4 Å². The first-order valence-electron chi connectivity index (χ1n) is 5.91. The highest BCUT2D eigenvalue weighted by molar-refractivity contribution is 9.10. The minimum absolute atomic E-state index is 0.191. The van der Waals surface area contributed by atoms with Gasteiger partial charge in [-0.25, -0.2) is 4.79 Å². The maximum absolute atomic E-state index is 11.3. The molecule has 1 rings (SSSR count). The van der Waals surface area contributed by atoms with E-state index in [9.17, 15) is 4.79 Å². The largest absolute Gasteiger partial charge is 0.492 e. The van der Waals surface area contributed by atoms with E-state index in [4.69, 9.17) is 10.00 Å². The van der Waals surface area contributed by atoms with Crippen LogP contribution in [0.5, 0.6) is 5.75 Å². The molecule has 0 radical (unpaired) electrons. The number of carbonyl (C=O) groups is 1. The van der Waals surface area contributed by atoms with E-state index < -0.39 is 0 Å². The Labute approximate surface area is 121 Å². The molecule has 0 aliphatic rings. The predicted molar refractivity (Wildman–Crippen MR) is 75.8 cm³/mol. The van der Waals surface area contributed by atoms with Crippen molar-refractivity contribution in [2.45, 2.75) is 6.92 Å². The van der Waals surface area contributed by atoms with E-state index >= 15 is 0 Å². The van der Waals surface area contributed by atoms with E-state index in [2.05, 4.69) is 26.6 Å². The standard InChI is InChI=1S/C13H16BrN3O2/c1-10(8-15)9-17-13(18)16-5-6-19-12-4-2-3-11(14)7-12/h2-4,7,10H,5-6,9H2,1H3,(H2,16,17,18). The molecule has 102 valence electrons. The molecule has 1 atom stereocenters. The summed E-state index contributed by atoms with van der Waals surface area (Å²) in [5, 5.41) is 13.8. The molecule has 0 saturated heterocycles. The zero-order chi connectivity index (χ0) is 14.1. The van der Waals surface area contributed by atoms with Crippen LogP contribution in [0.3, 0.4) is 0 Å². The smallest absolute Gasteiger partial charge is 0.314 e. The lowest BCUT2D eigenvalue weighted by Gasteiger charge is -2.09. The van der Waals surface area contributed by atoms with E-state index in [-0.39, 0.29) is 11.9 Å². The van der Waals surface area contributed by atoms with Crippen molar-refractivity contribution in [2.24, 2.45) is 5.92 Å². The number of urea groups is 1. The topological polar surface area (TPSA) is 74.2 Å². The maximum Gasteiger partial charge on any atom is 0.314 e. The first kappa shape index (κ1) is 15.3. The molecule has 2 N–H and O–H groups in total. The molecule has 6 heteroatoms. The first-order chi connectivity index (χ1) is 9.11. The highest BCUT2D eigenvalue weighted by Crippen LogP contribution is 2.17. The number of benzene rings is 1. The summed E-state index contributed by atoms with van der Waals surface area (Å²) >= 11 is 3.35. The van der Waals surface area contributed by atoms with Crippen LogP contribution in [0.4, 0.5) is 4.79 Å². The number of amides is 2. The van der Waals surface area contributed by atoms with Crippen molar-refractivity contribution in [1.29, 1.82) is 5.26 Å². The Morgan fingerprint density at radius 1 is 1.53 bits per heavy atom. The number of ether oxygens (including phenoxy) is 1. The molecular weight excluding hydrogens is 310 g/mol. The molecule has 0 aliphatic heterocycles. The molecule has 1 unspecified atom stereocenters. The number of rotatable bonds is 6. The van der Waals surface area contributed by atoms with E-state index in [1.54, 1.807) is 6.92 Å². The molecule has 0 heterocycles. The van der Waals surface area contributed by atoms with Crippen LogP contribution in [0.15, 0.2) is 28.7 Å². The molecule has 0 fully saturated rings. The summed E-state index contributed by atoms with van der Waals surface area (Å²) in [5.41, 5.74) is 0. The van der Waals surface area contributed by atoms with Crippen molar-refractivity contribution in [3.63, 3.8) is 0 Å². The highest BCUT2D eigenvalue weighted by Gasteiger charge is 2.03. The average Bonchev–Trinajstić information content (AvgIpc) is 2.41. The maximum atomic E-state index is 11.3.